The number of carbonyl (C=O) groups excluding carboxylic acids is 1. The molecule has 1 heterocycles. The van der Waals surface area contributed by atoms with Crippen molar-refractivity contribution in [1.82, 2.24) is 10.6 Å². The maximum absolute atomic E-state index is 12.6. The summed E-state index contributed by atoms with van der Waals surface area (Å²) in [5.41, 5.74) is 2.37. The van der Waals surface area contributed by atoms with E-state index >= 15 is 0 Å². The van der Waals surface area contributed by atoms with Gasteiger partial charge in [-0.15, -0.1) is 0 Å². The number of aliphatic carboxylic acids is 1. The number of benzene rings is 2. The zero-order valence-electron chi connectivity index (χ0n) is 15.7. The fourth-order valence-electron chi connectivity index (χ4n) is 3.12. The number of alkyl halides is 3. The van der Waals surface area contributed by atoms with Crippen LogP contribution in [0.4, 0.5) is 13.2 Å². The minimum atomic E-state index is -5.08. The van der Waals surface area contributed by atoms with Gasteiger partial charge < -0.3 is 15.7 Å². The van der Waals surface area contributed by atoms with Crippen LogP contribution < -0.4 is 10.6 Å². The first-order valence-electron chi connectivity index (χ1n) is 9.19. The molecule has 29 heavy (non-hydrogen) atoms. The molecule has 156 valence electrons. The van der Waals surface area contributed by atoms with Gasteiger partial charge in [-0.25, -0.2) is 4.79 Å². The third-order valence-electron chi connectivity index (χ3n) is 4.52. The molecule has 2 unspecified atom stereocenters. The average molecular weight is 408 g/mol. The van der Waals surface area contributed by atoms with Crippen molar-refractivity contribution < 1.29 is 27.9 Å². The molecule has 0 aromatic heterocycles. The van der Waals surface area contributed by atoms with Crippen molar-refractivity contribution in [2.45, 2.75) is 37.5 Å². The SMILES string of the molecule is O=C(NCc1ccccc1)C1NCCCC1c1ccccc1.O=C(O)C(F)(F)F. The van der Waals surface area contributed by atoms with Crippen molar-refractivity contribution in [1.29, 1.82) is 0 Å². The number of nitrogens with one attached hydrogen (secondary N) is 2. The molecule has 8 heteroatoms. The van der Waals surface area contributed by atoms with Gasteiger partial charge in [0.15, 0.2) is 0 Å². The van der Waals surface area contributed by atoms with Gasteiger partial charge in [-0.1, -0.05) is 60.7 Å². The lowest BCUT2D eigenvalue weighted by molar-refractivity contribution is -0.192. The van der Waals surface area contributed by atoms with Gasteiger partial charge in [0.2, 0.25) is 5.91 Å². The number of hydrogen-bond acceptors (Lipinski definition) is 3. The molecule has 1 aliphatic rings. The van der Waals surface area contributed by atoms with Crippen molar-refractivity contribution in [3.05, 3.63) is 71.8 Å². The van der Waals surface area contributed by atoms with E-state index in [4.69, 9.17) is 9.90 Å². The Morgan fingerprint density at radius 3 is 2.14 bits per heavy atom. The van der Waals surface area contributed by atoms with E-state index < -0.39 is 12.1 Å². The Morgan fingerprint density at radius 1 is 1.03 bits per heavy atom. The molecule has 0 saturated carbocycles. The number of halogens is 3. The minimum Gasteiger partial charge on any atom is -0.475 e. The highest BCUT2D eigenvalue weighted by molar-refractivity contribution is 5.83. The maximum atomic E-state index is 12.6. The van der Waals surface area contributed by atoms with E-state index in [9.17, 15) is 18.0 Å². The van der Waals surface area contributed by atoms with Crippen LogP contribution in [-0.2, 0) is 16.1 Å². The summed E-state index contributed by atoms with van der Waals surface area (Å²) in [6, 6.07) is 20.2. The van der Waals surface area contributed by atoms with Crippen LogP contribution in [0.5, 0.6) is 0 Å². The molecule has 3 rings (SSSR count). The number of amides is 1. The molecule has 0 aliphatic carbocycles. The number of carboxylic acids is 1. The fraction of sp³-hybridized carbons (Fsp3) is 0.333. The molecular formula is C21H23F3N2O3. The summed E-state index contributed by atoms with van der Waals surface area (Å²) in [5.74, 6) is -2.41. The van der Waals surface area contributed by atoms with Gasteiger partial charge in [-0.05, 0) is 30.5 Å². The number of piperidine rings is 1. The molecular weight excluding hydrogens is 385 g/mol. The molecule has 1 amide bonds. The lowest BCUT2D eigenvalue weighted by Gasteiger charge is -2.32. The molecule has 2 aromatic carbocycles. The van der Waals surface area contributed by atoms with E-state index in [2.05, 4.69) is 22.8 Å². The van der Waals surface area contributed by atoms with Gasteiger partial charge in [-0.3, -0.25) is 4.79 Å². The first kappa shape index (κ1) is 22.4. The Bertz CT molecular complexity index is 783. The molecule has 1 aliphatic heterocycles. The molecule has 0 bridgehead atoms. The Labute approximate surface area is 166 Å². The van der Waals surface area contributed by atoms with Crippen molar-refractivity contribution in [3.8, 4) is 0 Å². The second kappa shape index (κ2) is 10.6. The summed E-state index contributed by atoms with van der Waals surface area (Å²) in [6.45, 7) is 1.49. The largest absolute Gasteiger partial charge is 0.490 e. The number of carboxylic acid groups (broad SMARTS) is 1. The van der Waals surface area contributed by atoms with Crippen molar-refractivity contribution in [3.63, 3.8) is 0 Å². The summed E-state index contributed by atoms with van der Waals surface area (Å²) in [7, 11) is 0. The second-order valence-electron chi connectivity index (χ2n) is 6.60. The van der Waals surface area contributed by atoms with Crippen LogP contribution in [0.15, 0.2) is 60.7 Å². The molecule has 1 saturated heterocycles. The van der Waals surface area contributed by atoms with Crippen LogP contribution in [-0.4, -0.2) is 35.7 Å². The highest BCUT2D eigenvalue weighted by atomic mass is 19.4. The topological polar surface area (TPSA) is 78.4 Å². The van der Waals surface area contributed by atoms with Gasteiger partial charge in [0.1, 0.15) is 0 Å². The van der Waals surface area contributed by atoms with Gasteiger partial charge in [0.25, 0.3) is 0 Å². The van der Waals surface area contributed by atoms with Gasteiger partial charge >= 0.3 is 12.1 Å². The lowest BCUT2D eigenvalue weighted by atomic mass is 9.84. The average Bonchev–Trinajstić information content (AvgIpc) is 2.73. The Balaban J connectivity index is 0.000000370. The summed E-state index contributed by atoms with van der Waals surface area (Å²) in [5, 5.41) is 13.6. The summed E-state index contributed by atoms with van der Waals surface area (Å²) < 4.78 is 31.7. The van der Waals surface area contributed by atoms with Crippen LogP contribution in [0.3, 0.4) is 0 Å². The Kier molecular flexibility index (Phi) is 8.21. The number of carbonyl (C=O) groups is 2. The molecule has 2 aromatic rings. The van der Waals surface area contributed by atoms with E-state index in [-0.39, 0.29) is 17.9 Å². The first-order valence-corrected chi connectivity index (χ1v) is 9.19. The zero-order chi connectivity index (χ0) is 21.3. The van der Waals surface area contributed by atoms with Crippen molar-refractivity contribution >= 4 is 11.9 Å². The van der Waals surface area contributed by atoms with Crippen LogP contribution in [0.2, 0.25) is 0 Å². The third-order valence-corrected chi connectivity index (χ3v) is 4.52. The van der Waals surface area contributed by atoms with E-state index in [1.807, 2.05) is 48.5 Å². The molecule has 0 radical (unpaired) electrons. The smallest absolute Gasteiger partial charge is 0.475 e. The predicted molar refractivity (Wildman–Crippen MR) is 102 cm³/mol. The third kappa shape index (κ3) is 7.23. The fourth-order valence-corrected chi connectivity index (χ4v) is 3.12. The molecule has 2 atom stereocenters. The van der Waals surface area contributed by atoms with Crippen molar-refractivity contribution in [2.24, 2.45) is 0 Å². The van der Waals surface area contributed by atoms with Crippen LogP contribution in [0, 0.1) is 0 Å². The highest BCUT2D eigenvalue weighted by Gasteiger charge is 2.38. The summed E-state index contributed by atoms with van der Waals surface area (Å²) in [6.07, 6.45) is -2.91. The van der Waals surface area contributed by atoms with Gasteiger partial charge in [-0.2, -0.15) is 13.2 Å². The first-order chi connectivity index (χ1) is 13.8. The van der Waals surface area contributed by atoms with E-state index in [0.29, 0.717) is 6.54 Å². The monoisotopic (exact) mass is 408 g/mol. The molecule has 5 nitrogen and oxygen atoms in total. The maximum Gasteiger partial charge on any atom is 0.490 e. The van der Waals surface area contributed by atoms with Gasteiger partial charge in [0.05, 0.1) is 6.04 Å². The van der Waals surface area contributed by atoms with Crippen LogP contribution in [0.1, 0.15) is 29.9 Å². The van der Waals surface area contributed by atoms with E-state index in [1.54, 1.807) is 0 Å². The minimum absolute atomic E-state index is 0.0948. The Morgan fingerprint density at radius 2 is 1.59 bits per heavy atom. The van der Waals surface area contributed by atoms with E-state index in [0.717, 1.165) is 24.9 Å². The number of rotatable bonds is 4. The van der Waals surface area contributed by atoms with Gasteiger partial charge in [0, 0.05) is 12.5 Å². The standard InChI is InChI=1S/C19H22N2O.C2HF3O2/c22-19(21-14-15-8-3-1-4-9-15)18-17(12-7-13-20-18)16-10-5-2-6-11-16;3-2(4,5)1(6)7/h1-6,8-11,17-18,20H,7,12-14H2,(H,21,22);(H,6,7). The second-order valence-corrected chi connectivity index (χ2v) is 6.60. The molecule has 3 N–H and O–H groups in total. The quantitative estimate of drug-likeness (QED) is 0.724. The normalized spacial score (nSPS) is 18.9. The number of hydrogen-bond donors (Lipinski definition) is 3. The van der Waals surface area contributed by atoms with Crippen molar-refractivity contribution in [2.75, 3.05) is 6.54 Å². The van der Waals surface area contributed by atoms with Crippen LogP contribution in [0.25, 0.3) is 0 Å². The van der Waals surface area contributed by atoms with Crippen LogP contribution >= 0.6 is 0 Å². The van der Waals surface area contributed by atoms with E-state index in [1.165, 1.54) is 5.56 Å². The molecule has 1 fully saturated rings. The lowest BCUT2D eigenvalue weighted by Crippen LogP contribution is -2.50. The highest BCUT2D eigenvalue weighted by Crippen LogP contribution is 2.28. The molecule has 0 spiro atoms. The summed E-state index contributed by atoms with van der Waals surface area (Å²) >= 11 is 0. The predicted octanol–water partition coefficient (Wildman–Crippen LogP) is 3.47. The zero-order valence-corrected chi connectivity index (χ0v) is 15.7. The Hall–Kier alpha value is -2.87. The summed E-state index contributed by atoms with van der Waals surface area (Å²) in [4.78, 5) is 21.5.